The van der Waals surface area contributed by atoms with Crippen LogP contribution in [0.4, 0.5) is 27.8 Å². The number of ether oxygens (including phenoxy) is 1. The first-order chi connectivity index (χ1) is 17.0. The fourth-order valence-electron chi connectivity index (χ4n) is 3.67. The number of carbonyl (C=O) groups is 2. The van der Waals surface area contributed by atoms with Crippen molar-refractivity contribution in [3.63, 3.8) is 0 Å². The van der Waals surface area contributed by atoms with Crippen LogP contribution in [0.5, 0.6) is 0 Å². The van der Waals surface area contributed by atoms with Gasteiger partial charge in [0.05, 0.1) is 23.9 Å². The molecule has 1 aromatic heterocycles. The highest BCUT2D eigenvalue weighted by molar-refractivity contribution is 5.97. The van der Waals surface area contributed by atoms with E-state index in [1.807, 2.05) is 0 Å². The first-order valence-electron chi connectivity index (χ1n) is 10.9. The smallest absolute Gasteiger partial charge is 0.364 e. The Bertz CT molecular complexity index is 1290. The molecular formula is C24H21F5N4O3. The van der Waals surface area contributed by atoms with Crippen LogP contribution in [-0.4, -0.2) is 40.4 Å². The van der Waals surface area contributed by atoms with Crippen LogP contribution in [0.25, 0.3) is 16.9 Å². The number of amides is 2. The van der Waals surface area contributed by atoms with Gasteiger partial charge in [-0.25, -0.2) is 13.5 Å². The lowest BCUT2D eigenvalue weighted by Gasteiger charge is -2.16. The SMILES string of the molecule is C[C@@H](OCc1cc(F)cc(-c2cc(NC(=O)[C@@H]3CNC(=O)C3)nn2-c2cccc(F)c2)c1)C(F)(F)F. The van der Waals surface area contributed by atoms with E-state index in [2.05, 4.69) is 15.7 Å². The molecule has 0 aliphatic carbocycles. The minimum absolute atomic E-state index is 0.0207. The van der Waals surface area contributed by atoms with Crippen molar-refractivity contribution in [2.75, 3.05) is 11.9 Å². The third-order valence-electron chi connectivity index (χ3n) is 5.58. The van der Waals surface area contributed by atoms with E-state index in [-0.39, 0.29) is 47.2 Å². The van der Waals surface area contributed by atoms with Crippen LogP contribution in [0.2, 0.25) is 0 Å². The predicted molar refractivity (Wildman–Crippen MR) is 119 cm³/mol. The van der Waals surface area contributed by atoms with Gasteiger partial charge in [-0.2, -0.15) is 13.2 Å². The highest BCUT2D eigenvalue weighted by Crippen LogP contribution is 2.30. The van der Waals surface area contributed by atoms with Crippen LogP contribution >= 0.6 is 0 Å². The van der Waals surface area contributed by atoms with Crippen molar-refractivity contribution in [1.29, 1.82) is 0 Å². The van der Waals surface area contributed by atoms with Gasteiger partial charge in [-0.1, -0.05) is 6.07 Å². The van der Waals surface area contributed by atoms with E-state index in [0.717, 1.165) is 19.1 Å². The summed E-state index contributed by atoms with van der Waals surface area (Å²) in [6.45, 7) is 0.513. The lowest BCUT2D eigenvalue weighted by molar-refractivity contribution is -0.217. The molecule has 4 rings (SSSR count). The minimum atomic E-state index is -4.57. The lowest BCUT2D eigenvalue weighted by atomic mass is 10.1. The highest BCUT2D eigenvalue weighted by atomic mass is 19.4. The number of aromatic nitrogens is 2. The second kappa shape index (κ2) is 10.1. The Morgan fingerprint density at radius 2 is 1.97 bits per heavy atom. The number of hydrogen-bond acceptors (Lipinski definition) is 4. The number of alkyl halides is 3. The number of carbonyl (C=O) groups excluding carboxylic acids is 2. The molecule has 2 aromatic carbocycles. The molecule has 0 unspecified atom stereocenters. The quantitative estimate of drug-likeness (QED) is 0.465. The standard InChI is InChI=1S/C24H21F5N4O3/c1-13(24(27,28)29)36-12-14-5-15(7-18(26)6-14)20-10-21(31-23(35)16-8-22(34)30-11-16)32-33(20)19-4-2-3-17(25)9-19/h2-7,9-10,13,16H,8,11-12H2,1H3,(H,30,34)(H,31,32,35)/t13-,16+/m1/s1. The van der Waals surface area contributed by atoms with Crippen molar-refractivity contribution in [3.05, 3.63) is 65.7 Å². The van der Waals surface area contributed by atoms with Crippen LogP contribution in [0, 0.1) is 17.6 Å². The maximum absolute atomic E-state index is 14.5. The van der Waals surface area contributed by atoms with E-state index in [1.165, 1.54) is 35.0 Å². The van der Waals surface area contributed by atoms with Gasteiger partial charge >= 0.3 is 6.18 Å². The average molecular weight is 508 g/mol. The van der Waals surface area contributed by atoms with Crippen molar-refractivity contribution in [1.82, 2.24) is 15.1 Å². The van der Waals surface area contributed by atoms with E-state index >= 15 is 0 Å². The second-order valence-electron chi connectivity index (χ2n) is 8.34. The molecule has 1 aliphatic heterocycles. The summed E-state index contributed by atoms with van der Waals surface area (Å²) < 4.78 is 72.9. The Kier molecular flexibility index (Phi) is 7.07. The van der Waals surface area contributed by atoms with Crippen molar-refractivity contribution < 1.29 is 36.3 Å². The molecule has 0 bridgehead atoms. The third kappa shape index (κ3) is 5.88. The molecular weight excluding hydrogens is 487 g/mol. The van der Waals surface area contributed by atoms with E-state index < -0.39 is 42.3 Å². The molecule has 1 fully saturated rings. The number of benzene rings is 2. The molecule has 2 heterocycles. The van der Waals surface area contributed by atoms with E-state index in [4.69, 9.17) is 4.74 Å². The van der Waals surface area contributed by atoms with Gasteiger partial charge in [0, 0.05) is 24.6 Å². The van der Waals surface area contributed by atoms with E-state index in [1.54, 1.807) is 6.07 Å². The Labute approximate surface area is 202 Å². The minimum Gasteiger partial charge on any atom is -0.364 e. The van der Waals surface area contributed by atoms with Crippen molar-refractivity contribution in [2.24, 2.45) is 5.92 Å². The zero-order valence-electron chi connectivity index (χ0n) is 18.9. The molecule has 7 nitrogen and oxygen atoms in total. The third-order valence-corrected chi connectivity index (χ3v) is 5.58. The normalized spacial score (nSPS) is 16.6. The summed E-state index contributed by atoms with van der Waals surface area (Å²) in [5.74, 6) is -2.56. The van der Waals surface area contributed by atoms with Crippen molar-refractivity contribution >= 4 is 17.6 Å². The zero-order chi connectivity index (χ0) is 26.0. The highest BCUT2D eigenvalue weighted by Gasteiger charge is 2.37. The largest absolute Gasteiger partial charge is 0.414 e. The topological polar surface area (TPSA) is 85.2 Å². The first-order valence-corrected chi connectivity index (χ1v) is 10.9. The van der Waals surface area contributed by atoms with Gasteiger partial charge in [-0.15, -0.1) is 5.10 Å². The van der Waals surface area contributed by atoms with E-state index in [9.17, 15) is 31.5 Å². The van der Waals surface area contributed by atoms with Gasteiger partial charge in [0.2, 0.25) is 11.8 Å². The molecule has 3 aromatic rings. The molecule has 2 atom stereocenters. The summed E-state index contributed by atoms with van der Waals surface area (Å²) >= 11 is 0. The van der Waals surface area contributed by atoms with Crippen LogP contribution in [0.1, 0.15) is 18.9 Å². The lowest BCUT2D eigenvalue weighted by Crippen LogP contribution is -2.28. The van der Waals surface area contributed by atoms with Gasteiger partial charge in [0.1, 0.15) is 11.6 Å². The Morgan fingerprint density at radius 1 is 1.19 bits per heavy atom. The molecule has 0 saturated carbocycles. The van der Waals surface area contributed by atoms with Gasteiger partial charge < -0.3 is 15.4 Å². The summed E-state index contributed by atoms with van der Waals surface area (Å²) in [4.78, 5) is 24.0. The van der Waals surface area contributed by atoms with Crippen molar-refractivity contribution in [2.45, 2.75) is 32.2 Å². The van der Waals surface area contributed by atoms with Crippen LogP contribution in [0.15, 0.2) is 48.5 Å². The monoisotopic (exact) mass is 508 g/mol. The molecule has 36 heavy (non-hydrogen) atoms. The summed E-state index contributed by atoms with van der Waals surface area (Å²) in [7, 11) is 0. The Hall–Kier alpha value is -3.80. The van der Waals surface area contributed by atoms with Gasteiger partial charge in [-0.05, 0) is 48.9 Å². The number of halogens is 5. The maximum Gasteiger partial charge on any atom is 0.414 e. The summed E-state index contributed by atoms with van der Waals surface area (Å²) in [6.07, 6.45) is -6.60. The molecule has 2 amide bonds. The number of hydrogen-bond donors (Lipinski definition) is 2. The average Bonchev–Trinajstić information content (AvgIpc) is 3.43. The number of nitrogens with one attached hydrogen (secondary N) is 2. The number of anilines is 1. The van der Waals surface area contributed by atoms with Crippen LogP contribution in [-0.2, 0) is 20.9 Å². The first kappa shape index (κ1) is 25.3. The Balaban J connectivity index is 1.68. The van der Waals surface area contributed by atoms with Gasteiger partial charge in [-0.3, -0.25) is 9.59 Å². The van der Waals surface area contributed by atoms with Gasteiger partial charge in [0.25, 0.3) is 0 Å². The Morgan fingerprint density at radius 3 is 2.64 bits per heavy atom. The fraction of sp³-hybridized carbons (Fsp3) is 0.292. The van der Waals surface area contributed by atoms with Gasteiger partial charge in [0.15, 0.2) is 11.9 Å². The summed E-state index contributed by atoms with van der Waals surface area (Å²) in [5, 5.41) is 9.47. The molecule has 0 spiro atoms. The van der Waals surface area contributed by atoms with Crippen LogP contribution < -0.4 is 10.6 Å². The zero-order valence-corrected chi connectivity index (χ0v) is 18.9. The number of rotatable bonds is 7. The fourth-order valence-corrected chi connectivity index (χ4v) is 3.67. The molecule has 12 heteroatoms. The van der Waals surface area contributed by atoms with E-state index in [0.29, 0.717) is 0 Å². The molecule has 0 radical (unpaired) electrons. The van der Waals surface area contributed by atoms with Crippen LogP contribution in [0.3, 0.4) is 0 Å². The predicted octanol–water partition coefficient (Wildman–Crippen LogP) is 4.36. The number of nitrogens with zero attached hydrogens (tertiary/aromatic N) is 2. The molecule has 1 saturated heterocycles. The molecule has 190 valence electrons. The summed E-state index contributed by atoms with van der Waals surface area (Å²) in [5.41, 5.74) is 0.842. The second-order valence-corrected chi connectivity index (χ2v) is 8.34. The molecule has 1 aliphatic rings. The molecule has 2 N–H and O–H groups in total. The van der Waals surface area contributed by atoms with Crippen molar-refractivity contribution in [3.8, 4) is 16.9 Å². The maximum atomic E-state index is 14.5. The summed E-state index contributed by atoms with van der Waals surface area (Å²) in [6, 6.07) is 10.4.